The zero-order valence-electron chi connectivity index (χ0n) is 18.7. The van der Waals surface area contributed by atoms with Crippen molar-refractivity contribution >= 4 is 48.8 Å². The Kier molecular flexibility index (Phi) is 6.58. The Morgan fingerprint density at radius 2 is 1.97 bits per heavy atom. The minimum absolute atomic E-state index is 0.144. The Labute approximate surface area is 195 Å². The van der Waals surface area contributed by atoms with Gasteiger partial charge in [-0.1, -0.05) is 6.92 Å². The second-order valence-electron chi connectivity index (χ2n) is 7.87. The normalized spacial score (nSPS) is 12.9. The second-order valence-corrected chi connectivity index (χ2v) is 10.5. The van der Waals surface area contributed by atoms with Crippen LogP contribution in [0.5, 0.6) is 0 Å². The largest absolute Gasteiger partial charge is 0.419 e. The Bertz CT molecular complexity index is 1370. The molecule has 0 aliphatic rings. The fourth-order valence-electron chi connectivity index (χ4n) is 3.26. The predicted molar refractivity (Wildman–Crippen MR) is 130 cm³/mol. The number of nitrogens with zero attached hydrogens (tertiary/aromatic N) is 4. The van der Waals surface area contributed by atoms with Crippen LogP contribution in [0, 0.1) is 0 Å². The molecule has 0 aliphatic heterocycles. The number of pyridine rings is 1. The van der Waals surface area contributed by atoms with Crippen LogP contribution in [0.1, 0.15) is 39.1 Å². The molecule has 0 aliphatic carbocycles. The van der Waals surface area contributed by atoms with Gasteiger partial charge in [-0.25, -0.2) is 23.1 Å². The van der Waals surface area contributed by atoms with Gasteiger partial charge in [-0.2, -0.15) is 0 Å². The number of hydrogen-bond acceptors (Lipinski definition) is 10. The summed E-state index contributed by atoms with van der Waals surface area (Å²) >= 11 is 1.58. The number of aromatic nitrogens is 4. The van der Waals surface area contributed by atoms with E-state index in [9.17, 15) is 8.42 Å². The average molecular weight is 488 g/mol. The number of fused-ring (bicyclic) bond motifs is 1. The van der Waals surface area contributed by atoms with Crippen molar-refractivity contribution in [1.29, 1.82) is 0 Å². The third-order valence-corrected chi connectivity index (χ3v) is 6.19. The van der Waals surface area contributed by atoms with E-state index >= 15 is 0 Å². The molecule has 0 saturated carbocycles. The Morgan fingerprint density at radius 1 is 1.15 bits per heavy atom. The quantitative estimate of drug-likeness (QED) is 0.316. The maximum Gasteiger partial charge on any atom is 0.251 e. The summed E-state index contributed by atoms with van der Waals surface area (Å²) in [5.74, 6) is 1.11. The van der Waals surface area contributed by atoms with Gasteiger partial charge in [0.25, 0.3) is 5.89 Å². The Balaban J connectivity index is 1.63. The third kappa shape index (κ3) is 5.64. The SMILES string of the molecule is CCC(NS(C)(=O)=O)c1nnc(-c2cnc(Nc3ccc4ncsc4c3)cc2NC(C)C)o1. The molecule has 0 fully saturated rings. The van der Waals surface area contributed by atoms with Crippen LogP contribution >= 0.6 is 11.3 Å². The number of sulfonamides is 1. The molecule has 0 radical (unpaired) electrons. The highest BCUT2D eigenvalue weighted by Gasteiger charge is 2.22. The van der Waals surface area contributed by atoms with E-state index in [1.165, 1.54) is 0 Å². The van der Waals surface area contributed by atoms with Crippen molar-refractivity contribution < 1.29 is 12.8 Å². The van der Waals surface area contributed by atoms with Gasteiger partial charge in [0.05, 0.1) is 39.3 Å². The molecular formula is C21H25N7O3S2. The van der Waals surface area contributed by atoms with Gasteiger partial charge in [-0.3, -0.25) is 0 Å². The molecule has 0 amide bonds. The molecule has 1 unspecified atom stereocenters. The number of hydrogen-bond donors (Lipinski definition) is 3. The molecule has 174 valence electrons. The fraction of sp³-hybridized carbons (Fsp3) is 0.333. The fourth-order valence-corrected chi connectivity index (χ4v) is 4.76. The second kappa shape index (κ2) is 9.41. The van der Waals surface area contributed by atoms with Crippen LogP contribution in [0.4, 0.5) is 17.2 Å². The Morgan fingerprint density at radius 3 is 2.70 bits per heavy atom. The van der Waals surface area contributed by atoms with E-state index in [0.29, 0.717) is 17.8 Å². The highest BCUT2D eigenvalue weighted by Crippen LogP contribution is 2.32. The van der Waals surface area contributed by atoms with Crippen LogP contribution in [0.2, 0.25) is 0 Å². The van der Waals surface area contributed by atoms with Crippen LogP contribution in [0.15, 0.2) is 40.4 Å². The summed E-state index contributed by atoms with van der Waals surface area (Å²) < 4.78 is 32.7. The van der Waals surface area contributed by atoms with E-state index in [1.807, 2.05) is 50.5 Å². The lowest BCUT2D eigenvalue weighted by Crippen LogP contribution is -2.27. The maximum atomic E-state index is 11.6. The summed E-state index contributed by atoms with van der Waals surface area (Å²) in [5.41, 5.74) is 5.07. The summed E-state index contributed by atoms with van der Waals surface area (Å²) in [6, 6.07) is 7.37. The van der Waals surface area contributed by atoms with Crippen molar-refractivity contribution in [3.05, 3.63) is 41.9 Å². The van der Waals surface area contributed by atoms with Gasteiger partial charge in [-0.05, 0) is 38.5 Å². The molecule has 3 N–H and O–H groups in total. The van der Waals surface area contributed by atoms with Crippen LogP contribution < -0.4 is 15.4 Å². The smallest absolute Gasteiger partial charge is 0.251 e. The first-order valence-corrected chi connectivity index (χ1v) is 13.2. The van der Waals surface area contributed by atoms with Crippen LogP contribution in [0.25, 0.3) is 21.7 Å². The molecule has 3 aromatic heterocycles. The summed E-state index contributed by atoms with van der Waals surface area (Å²) in [6.45, 7) is 5.89. The first kappa shape index (κ1) is 23.1. The molecule has 10 nitrogen and oxygen atoms in total. The Hall–Kier alpha value is -3.09. The van der Waals surface area contributed by atoms with Gasteiger partial charge in [0.15, 0.2) is 0 Å². The van der Waals surface area contributed by atoms with E-state index in [2.05, 4.69) is 35.5 Å². The minimum atomic E-state index is -3.42. The molecule has 3 heterocycles. The highest BCUT2D eigenvalue weighted by atomic mass is 32.2. The molecule has 0 bridgehead atoms. The molecule has 0 saturated heterocycles. The molecule has 4 aromatic rings. The van der Waals surface area contributed by atoms with Crippen molar-refractivity contribution in [2.24, 2.45) is 0 Å². The van der Waals surface area contributed by atoms with Crippen molar-refractivity contribution in [2.75, 3.05) is 16.9 Å². The van der Waals surface area contributed by atoms with Gasteiger partial charge in [0.1, 0.15) is 5.82 Å². The summed E-state index contributed by atoms with van der Waals surface area (Å²) in [5, 5.41) is 14.9. The molecule has 1 atom stereocenters. The van der Waals surface area contributed by atoms with E-state index in [1.54, 1.807) is 17.5 Å². The number of thiazole rings is 1. The van der Waals surface area contributed by atoms with Gasteiger partial charge in [-0.15, -0.1) is 21.5 Å². The highest BCUT2D eigenvalue weighted by molar-refractivity contribution is 7.88. The first-order valence-electron chi connectivity index (χ1n) is 10.4. The van der Waals surface area contributed by atoms with Gasteiger partial charge >= 0.3 is 0 Å². The van der Waals surface area contributed by atoms with E-state index in [-0.39, 0.29) is 17.8 Å². The number of anilines is 3. The molecule has 4 rings (SSSR count). The predicted octanol–water partition coefficient (Wildman–Crippen LogP) is 4.31. The summed E-state index contributed by atoms with van der Waals surface area (Å²) in [4.78, 5) is 8.82. The van der Waals surface area contributed by atoms with Gasteiger partial charge < -0.3 is 15.1 Å². The summed E-state index contributed by atoms with van der Waals surface area (Å²) in [6.07, 6.45) is 3.22. The summed E-state index contributed by atoms with van der Waals surface area (Å²) in [7, 11) is -3.42. The lowest BCUT2D eigenvalue weighted by molar-refractivity contribution is 0.430. The molecule has 1 aromatic carbocycles. The molecular weight excluding hydrogens is 462 g/mol. The number of benzene rings is 1. The number of rotatable bonds is 9. The lowest BCUT2D eigenvalue weighted by atomic mass is 10.2. The average Bonchev–Trinajstić information content (AvgIpc) is 3.40. The minimum Gasteiger partial charge on any atom is -0.419 e. The third-order valence-electron chi connectivity index (χ3n) is 4.69. The zero-order chi connectivity index (χ0) is 23.6. The first-order chi connectivity index (χ1) is 15.7. The van der Waals surface area contributed by atoms with Crippen molar-refractivity contribution in [3.63, 3.8) is 0 Å². The molecule has 12 heteroatoms. The van der Waals surface area contributed by atoms with Crippen LogP contribution in [-0.2, 0) is 10.0 Å². The maximum absolute atomic E-state index is 11.6. The monoisotopic (exact) mass is 487 g/mol. The zero-order valence-corrected chi connectivity index (χ0v) is 20.3. The van der Waals surface area contributed by atoms with Gasteiger partial charge in [0, 0.05) is 24.0 Å². The van der Waals surface area contributed by atoms with E-state index in [0.717, 1.165) is 27.8 Å². The van der Waals surface area contributed by atoms with Crippen molar-refractivity contribution in [2.45, 2.75) is 39.3 Å². The van der Waals surface area contributed by atoms with Gasteiger partial charge in [0.2, 0.25) is 15.9 Å². The van der Waals surface area contributed by atoms with Crippen LogP contribution in [-0.4, -0.2) is 40.9 Å². The van der Waals surface area contributed by atoms with Crippen LogP contribution in [0.3, 0.4) is 0 Å². The van der Waals surface area contributed by atoms with E-state index < -0.39 is 16.1 Å². The standard InChI is InChI=1S/C21H25N7O3S2/c1-5-15(28-33(4,29)30)21-27-26-20(31-21)14-10-22-19(9-17(14)24-12(2)3)25-13-6-7-16-18(8-13)32-11-23-16/h6-12,15,28H,5H2,1-4H3,(H2,22,24,25). The molecule has 0 spiro atoms. The topological polar surface area (TPSA) is 135 Å². The lowest BCUT2D eigenvalue weighted by Gasteiger charge is -2.15. The van der Waals surface area contributed by atoms with E-state index in [4.69, 9.17) is 4.42 Å². The number of nitrogens with one attached hydrogen (secondary N) is 3. The van der Waals surface area contributed by atoms with Crippen molar-refractivity contribution in [3.8, 4) is 11.5 Å². The van der Waals surface area contributed by atoms with Crippen molar-refractivity contribution in [1.82, 2.24) is 24.9 Å². The molecule has 33 heavy (non-hydrogen) atoms.